The van der Waals surface area contributed by atoms with E-state index in [4.69, 9.17) is 21.3 Å². The van der Waals surface area contributed by atoms with Crippen LogP contribution >= 0.6 is 11.6 Å². The van der Waals surface area contributed by atoms with E-state index in [1.807, 2.05) is 25.1 Å². The minimum absolute atomic E-state index is 0.137. The van der Waals surface area contributed by atoms with E-state index in [0.29, 0.717) is 17.9 Å². The molecule has 4 rings (SSSR count). The zero-order chi connectivity index (χ0) is 19.1. The predicted molar refractivity (Wildman–Crippen MR) is 109 cm³/mol. The number of para-hydroxylation sites is 2. The number of nitriles is 1. The summed E-state index contributed by atoms with van der Waals surface area (Å²) in [7, 11) is 0. The molecule has 0 aliphatic carbocycles. The van der Waals surface area contributed by atoms with Gasteiger partial charge in [-0.25, -0.2) is 4.98 Å². The van der Waals surface area contributed by atoms with Crippen molar-refractivity contribution in [3.05, 3.63) is 41.0 Å². The van der Waals surface area contributed by atoms with Crippen molar-refractivity contribution in [1.82, 2.24) is 9.38 Å². The Morgan fingerprint density at radius 2 is 1.96 bits per heavy atom. The van der Waals surface area contributed by atoms with Crippen LogP contribution in [0.2, 0.25) is 0 Å². The normalized spacial score (nSPS) is 20.3. The Balaban J connectivity index is 2.11. The van der Waals surface area contributed by atoms with Crippen LogP contribution in [-0.4, -0.2) is 40.6 Å². The first-order chi connectivity index (χ1) is 13.0. The number of imidazole rings is 1. The number of fused-ring (bicyclic) bond motifs is 3. The highest BCUT2D eigenvalue weighted by molar-refractivity contribution is 6.18. The molecule has 2 unspecified atom stereocenters. The molecule has 3 heterocycles. The van der Waals surface area contributed by atoms with Crippen LogP contribution in [0.5, 0.6) is 0 Å². The number of benzene rings is 1. The maximum Gasteiger partial charge on any atom is 0.157 e. The third kappa shape index (κ3) is 2.93. The first-order valence-electron chi connectivity index (χ1n) is 9.34. The fourth-order valence-corrected chi connectivity index (χ4v) is 4.43. The molecule has 1 saturated heterocycles. The Bertz CT molecular complexity index is 1040. The van der Waals surface area contributed by atoms with Gasteiger partial charge < -0.3 is 9.64 Å². The molecule has 0 N–H and O–H groups in total. The van der Waals surface area contributed by atoms with Crippen molar-refractivity contribution in [2.24, 2.45) is 0 Å². The summed E-state index contributed by atoms with van der Waals surface area (Å²) in [6, 6.07) is 10.4. The molecule has 27 heavy (non-hydrogen) atoms. The van der Waals surface area contributed by atoms with Gasteiger partial charge in [0, 0.05) is 19.0 Å². The van der Waals surface area contributed by atoms with Gasteiger partial charge in [-0.05, 0) is 50.5 Å². The van der Waals surface area contributed by atoms with Gasteiger partial charge in [0.15, 0.2) is 5.65 Å². The summed E-state index contributed by atoms with van der Waals surface area (Å²) in [5.74, 6) is 1.60. The molecule has 1 fully saturated rings. The van der Waals surface area contributed by atoms with Crippen LogP contribution in [0.4, 0.5) is 5.82 Å². The summed E-state index contributed by atoms with van der Waals surface area (Å²) < 4.78 is 8.10. The number of nitrogens with zero attached hydrogens (tertiary/aromatic N) is 4. The van der Waals surface area contributed by atoms with Crippen molar-refractivity contribution in [3.8, 4) is 6.07 Å². The van der Waals surface area contributed by atoms with Gasteiger partial charge in [0.1, 0.15) is 11.9 Å². The molecule has 140 valence electrons. The van der Waals surface area contributed by atoms with E-state index in [1.54, 1.807) is 0 Å². The van der Waals surface area contributed by atoms with Crippen LogP contribution in [0.3, 0.4) is 0 Å². The average Bonchev–Trinajstić information content (AvgIpc) is 3.00. The highest BCUT2D eigenvalue weighted by Crippen LogP contribution is 2.35. The zero-order valence-corrected chi connectivity index (χ0v) is 16.6. The number of rotatable bonds is 3. The Labute approximate surface area is 164 Å². The van der Waals surface area contributed by atoms with Crippen molar-refractivity contribution in [2.45, 2.75) is 39.4 Å². The van der Waals surface area contributed by atoms with Gasteiger partial charge in [-0.3, -0.25) is 4.40 Å². The number of morpholine rings is 1. The topological polar surface area (TPSA) is 53.6 Å². The van der Waals surface area contributed by atoms with Crippen LogP contribution in [0.25, 0.3) is 16.7 Å². The lowest BCUT2D eigenvalue weighted by Crippen LogP contribution is -2.46. The first kappa shape index (κ1) is 18.1. The monoisotopic (exact) mass is 382 g/mol. The van der Waals surface area contributed by atoms with Gasteiger partial charge in [-0.15, -0.1) is 11.6 Å². The van der Waals surface area contributed by atoms with Crippen LogP contribution < -0.4 is 4.90 Å². The van der Waals surface area contributed by atoms with E-state index in [0.717, 1.165) is 46.7 Å². The molecule has 5 nitrogen and oxygen atoms in total. The molecule has 6 heteroatoms. The molecular weight excluding hydrogens is 360 g/mol. The van der Waals surface area contributed by atoms with E-state index in [9.17, 15) is 5.26 Å². The molecule has 2 atom stereocenters. The Morgan fingerprint density at radius 3 is 2.63 bits per heavy atom. The summed E-state index contributed by atoms with van der Waals surface area (Å²) in [6.07, 6.45) is 0.983. The van der Waals surface area contributed by atoms with Crippen molar-refractivity contribution in [3.63, 3.8) is 0 Å². The van der Waals surface area contributed by atoms with E-state index in [1.165, 1.54) is 0 Å². The van der Waals surface area contributed by atoms with Gasteiger partial charge in [-0.2, -0.15) is 5.26 Å². The molecule has 0 amide bonds. The highest BCUT2D eigenvalue weighted by atomic mass is 35.5. The van der Waals surface area contributed by atoms with Crippen LogP contribution in [0, 0.1) is 18.3 Å². The fourth-order valence-electron chi connectivity index (χ4n) is 4.24. The first-order valence-corrected chi connectivity index (χ1v) is 9.87. The van der Waals surface area contributed by atoms with E-state index in [2.05, 4.69) is 35.3 Å². The number of pyridine rings is 1. The molecular formula is C21H23ClN4O. The zero-order valence-electron chi connectivity index (χ0n) is 15.9. The molecule has 0 radical (unpaired) electrons. The van der Waals surface area contributed by atoms with Crippen LogP contribution in [-0.2, 0) is 11.2 Å². The number of ether oxygens (including phenoxy) is 1. The summed E-state index contributed by atoms with van der Waals surface area (Å²) in [5, 5.41) is 9.85. The lowest BCUT2D eigenvalue weighted by atomic mass is 10.0. The maximum atomic E-state index is 9.85. The third-order valence-corrected chi connectivity index (χ3v) is 5.46. The Hall–Kier alpha value is -2.29. The minimum Gasteiger partial charge on any atom is -0.372 e. The second kappa shape index (κ2) is 7.03. The molecule has 3 aromatic rings. The number of aromatic nitrogens is 2. The average molecular weight is 383 g/mol. The lowest BCUT2D eigenvalue weighted by Gasteiger charge is -2.38. The largest absolute Gasteiger partial charge is 0.372 e. The smallest absolute Gasteiger partial charge is 0.157 e. The van der Waals surface area contributed by atoms with E-state index in [-0.39, 0.29) is 12.2 Å². The summed E-state index contributed by atoms with van der Waals surface area (Å²) in [4.78, 5) is 7.16. The third-order valence-electron chi connectivity index (χ3n) is 5.27. The number of hydrogen-bond acceptors (Lipinski definition) is 4. The Morgan fingerprint density at radius 1 is 1.26 bits per heavy atom. The van der Waals surface area contributed by atoms with Crippen molar-refractivity contribution < 1.29 is 4.74 Å². The lowest BCUT2D eigenvalue weighted by molar-refractivity contribution is -0.00555. The minimum atomic E-state index is 0.137. The molecule has 1 aliphatic heterocycles. The predicted octanol–water partition coefficient (Wildman–Crippen LogP) is 4.06. The Kier molecular flexibility index (Phi) is 4.71. The molecule has 1 aliphatic rings. The number of halogens is 1. The summed E-state index contributed by atoms with van der Waals surface area (Å²) in [6.45, 7) is 7.81. The van der Waals surface area contributed by atoms with Gasteiger partial charge in [-0.1, -0.05) is 12.1 Å². The van der Waals surface area contributed by atoms with Crippen LogP contribution in [0.15, 0.2) is 24.3 Å². The molecule has 0 bridgehead atoms. The molecule has 0 saturated carbocycles. The number of alkyl halides is 1. The highest BCUT2D eigenvalue weighted by Gasteiger charge is 2.29. The molecule has 2 aromatic heterocycles. The van der Waals surface area contributed by atoms with Crippen molar-refractivity contribution in [1.29, 1.82) is 5.26 Å². The fraction of sp³-hybridized carbons (Fsp3) is 0.429. The quantitative estimate of drug-likeness (QED) is 0.641. The number of anilines is 1. The second-order valence-corrected chi connectivity index (χ2v) is 7.65. The second-order valence-electron chi connectivity index (χ2n) is 7.27. The van der Waals surface area contributed by atoms with Crippen LogP contribution in [0.1, 0.15) is 30.5 Å². The van der Waals surface area contributed by atoms with E-state index < -0.39 is 0 Å². The van der Waals surface area contributed by atoms with E-state index >= 15 is 0 Å². The number of hydrogen-bond donors (Lipinski definition) is 0. The van der Waals surface area contributed by atoms with Crippen molar-refractivity contribution >= 4 is 34.1 Å². The van der Waals surface area contributed by atoms with Gasteiger partial charge in [0.05, 0.1) is 28.8 Å². The van der Waals surface area contributed by atoms with Gasteiger partial charge in [0.2, 0.25) is 0 Å². The van der Waals surface area contributed by atoms with Gasteiger partial charge >= 0.3 is 0 Å². The SMILES string of the molecule is Cc1c(CCCl)c(N2CC(C)OC(C)C2)n2c(nc3ccccc32)c1C#N. The summed E-state index contributed by atoms with van der Waals surface area (Å²) in [5.41, 5.74) is 5.36. The maximum absolute atomic E-state index is 9.85. The van der Waals surface area contributed by atoms with Crippen molar-refractivity contribution in [2.75, 3.05) is 23.9 Å². The summed E-state index contributed by atoms with van der Waals surface area (Å²) >= 11 is 6.16. The molecule has 1 aromatic carbocycles. The molecule has 0 spiro atoms. The van der Waals surface area contributed by atoms with Gasteiger partial charge in [0.25, 0.3) is 0 Å². The standard InChI is InChI=1S/C21H23ClN4O/c1-13-11-25(12-14(2)27-13)21-16(8-9-22)15(3)17(10-23)20-24-18-6-4-5-7-19(18)26(20)21/h4-7,13-14H,8-9,11-12H2,1-3H3.